The Morgan fingerprint density at radius 1 is 1.24 bits per heavy atom. The van der Waals surface area contributed by atoms with Gasteiger partial charge >= 0.3 is 6.03 Å². The van der Waals surface area contributed by atoms with Gasteiger partial charge in [-0.15, -0.1) is 0 Å². The van der Waals surface area contributed by atoms with Crippen molar-refractivity contribution in [2.75, 3.05) is 23.9 Å². The molecule has 25 heavy (non-hydrogen) atoms. The lowest BCUT2D eigenvalue weighted by Crippen LogP contribution is -2.39. The van der Waals surface area contributed by atoms with Crippen LogP contribution in [0, 0.1) is 0 Å². The van der Waals surface area contributed by atoms with Gasteiger partial charge in [0.1, 0.15) is 5.75 Å². The molecule has 0 spiro atoms. The van der Waals surface area contributed by atoms with Crippen LogP contribution in [0.2, 0.25) is 0 Å². The summed E-state index contributed by atoms with van der Waals surface area (Å²) in [6, 6.07) is 14.1. The first kappa shape index (κ1) is 17.3. The van der Waals surface area contributed by atoms with Crippen molar-refractivity contribution in [3.05, 3.63) is 53.0 Å². The molecule has 2 N–H and O–H groups in total. The van der Waals surface area contributed by atoms with Gasteiger partial charge in [0.05, 0.1) is 13.2 Å². The molecule has 0 aromatic heterocycles. The van der Waals surface area contributed by atoms with Gasteiger partial charge in [-0.05, 0) is 30.3 Å². The van der Waals surface area contributed by atoms with Crippen LogP contribution >= 0.6 is 15.9 Å². The minimum Gasteiger partial charge on any atom is -0.497 e. The number of hydrogen-bond donors (Lipinski definition) is 2. The molecule has 130 valence electrons. The van der Waals surface area contributed by atoms with Crippen molar-refractivity contribution >= 4 is 39.2 Å². The Morgan fingerprint density at radius 2 is 2.04 bits per heavy atom. The van der Waals surface area contributed by atoms with Crippen LogP contribution in [0.15, 0.2) is 53.0 Å². The van der Waals surface area contributed by atoms with E-state index in [1.165, 1.54) is 0 Å². The summed E-state index contributed by atoms with van der Waals surface area (Å²) in [5, 5.41) is 5.61. The number of nitrogens with zero attached hydrogens (tertiary/aromatic N) is 1. The predicted molar refractivity (Wildman–Crippen MR) is 100 cm³/mol. The molecule has 0 radical (unpaired) electrons. The third-order valence-electron chi connectivity index (χ3n) is 3.91. The second-order valence-corrected chi connectivity index (χ2v) is 6.63. The molecule has 3 rings (SSSR count). The van der Waals surface area contributed by atoms with Gasteiger partial charge in [-0.1, -0.05) is 28.1 Å². The fourth-order valence-electron chi connectivity index (χ4n) is 2.75. The van der Waals surface area contributed by atoms with Crippen LogP contribution in [-0.4, -0.2) is 31.6 Å². The van der Waals surface area contributed by atoms with E-state index in [9.17, 15) is 9.59 Å². The lowest BCUT2D eigenvalue weighted by atomic mass is 10.2. The van der Waals surface area contributed by atoms with Crippen molar-refractivity contribution in [3.8, 4) is 5.75 Å². The molecule has 1 aliphatic rings. The number of nitrogens with one attached hydrogen (secondary N) is 2. The Kier molecular flexibility index (Phi) is 5.23. The molecule has 0 bridgehead atoms. The number of amides is 3. The monoisotopic (exact) mass is 403 g/mol. The zero-order chi connectivity index (χ0) is 17.8. The summed E-state index contributed by atoms with van der Waals surface area (Å²) in [4.78, 5) is 26.1. The number of rotatable bonds is 4. The van der Waals surface area contributed by atoms with E-state index >= 15 is 0 Å². The highest BCUT2D eigenvalue weighted by Crippen LogP contribution is 2.25. The van der Waals surface area contributed by atoms with Crippen LogP contribution in [0.3, 0.4) is 0 Å². The highest BCUT2D eigenvalue weighted by atomic mass is 79.9. The molecular weight excluding hydrogens is 386 g/mol. The first-order chi connectivity index (χ1) is 12.0. The highest BCUT2D eigenvalue weighted by molar-refractivity contribution is 9.10. The van der Waals surface area contributed by atoms with Gasteiger partial charge in [-0.2, -0.15) is 0 Å². The van der Waals surface area contributed by atoms with Crippen molar-refractivity contribution in [2.45, 2.75) is 12.5 Å². The van der Waals surface area contributed by atoms with E-state index in [1.807, 2.05) is 42.5 Å². The number of ether oxygens (including phenoxy) is 1. The number of benzene rings is 2. The first-order valence-electron chi connectivity index (χ1n) is 7.82. The van der Waals surface area contributed by atoms with Gasteiger partial charge in [0.25, 0.3) is 0 Å². The topological polar surface area (TPSA) is 70.7 Å². The largest absolute Gasteiger partial charge is 0.497 e. The summed E-state index contributed by atoms with van der Waals surface area (Å²) in [7, 11) is 1.58. The summed E-state index contributed by atoms with van der Waals surface area (Å²) in [6.07, 6.45) is 0.267. The molecule has 0 unspecified atom stereocenters. The number of urea groups is 1. The van der Waals surface area contributed by atoms with Gasteiger partial charge in [-0.3, -0.25) is 4.79 Å². The quantitative estimate of drug-likeness (QED) is 0.821. The molecule has 7 heteroatoms. The Bertz CT molecular complexity index is 797. The molecule has 6 nitrogen and oxygen atoms in total. The van der Waals surface area contributed by atoms with Crippen molar-refractivity contribution in [1.29, 1.82) is 0 Å². The number of carbonyl (C=O) groups excluding carboxylic acids is 2. The van der Waals surface area contributed by atoms with E-state index in [1.54, 1.807) is 18.1 Å². The summed E-state index contributed by atoms with van der Waals surface area (Å²) in [5.74, 6) is 0.662. The van der Waals surface area contributed by atoms with E-state index in [0.29, 0.717) is 18.0 Å². The van der Waals surface area contributed by atoms with Gasteiger partial charge in [-0.25, -0.2) is 4.79 Å². The smallest absolute Gasteiger partial charge is 0.319 e. The first-order valence-corrected chi connectivity index (χ1v) is 8.62. The maximum Gasteiger partial charge on any atom is 0.319 e. The van der Waals surface area contributed by atoms with Crippen molar-refractivity contribution in [1.82, 2.24) is 5.32 Å². The van der Waals surface area contributed by atoms with E-state index in [0.717, 1.165) is 10.2 Å². The molecule has 2 aromatic rings. The minimum absolute atomic E-state index is 0.0268. The lowest BCUT2D eigenvalue weighted by Gasteiger charge is -2.18. The summed E-state index contributed by atoms with van der Waals surface area (Å²) >= 11 is 3.36. The zero-order valence-corrected chi connectivity index (χ0v) is 15.2. The normalized spacial score (nSPS) is 16.6. The molecule has 1 atom stereocenters. The number of carbonyl (C=O) groups is 2. The van der Waals surface area contributed by atoms with E-state index in [2.05, 4.69) is 26.6 Å². The molecule has 2 aromatic carbocycles. The molecule has 0 aliphatic carbocycles. The van der Waals surface area contributed by atoms with E-state index < -0.39 is 0 Å². The standard InChI is InChI=1S/C18H18BrN3O3/c1-25-16-7-3-6-15(10-16)22-11-14(9-17(22)23)21-18(24)20-13-5-2-4-12(19)8-13/h2-8,10,14H,9,11H2,1H3,(H2,20,21,24)/t14-/m0/s1. The molecule has 0 saturated carbocycles. The number of halogens is 1. The number of methoxy groups -OCH3 is 1. The Labute approximate surface area is 154 Å². The average molecular weight is 404 g/mol. The Hall–Kier alpha value is -2.54. The minimum atomic E-state index is -0.330. The molecular formula is C18H18BrN3O3. The third kappa shape index (κ3) is 4.30. The maximum atomic E-state index is 12.3. The van der Waals surface area contributed by atoms with Crippen LogP contribution < -0.4 is 20.3 Å². The number of hydrogen-bond acceptors (Lipinski definition) is 3. The van der Waals surface area contributed by atoms with Crippen molar-refractivity contribution in [2.24, 2.45) is 0 Å². The molecule has 3 amide bonds. The van der Waals surface area contributed by atoms with Crippen molar-refractivity contribution < 1.29 is 14.3 Å². The molecule has 1 saturated heterocycles. The maximum absolute atomic E-state index is 12.3. The van der Waals surface area contributed by atoms with Crippen LogP contribution in [0.25, 0.3) is 0 Å². The highest BCUT2D eigenvalue weighted by Gasteiger charge is 2.31. The summed E-state index contributed by atoms with van der Waals surface area (Å²) in [6.45, 7) is 0.428. The number of anilines is 2. The molecule has 1 aliphatic heterocycles. The fraction of sp³-hybridized carbons (Fsp3) is 0.222. The van der Waals surface area contributed by atoms with E-state index in [4.69, 9.17) is 4.74 Å². The SMILES string of the molecule is COc1cccc(N2C[C@@H](NC(=O)Nc3cccc(Br)c3)CC2=O)c1. The fourth-order valence-corrected chi connectivity index (χ4v) is 3.15. The summed E-state index contributed by atoms with van der Waals surface area (Å²) in [5.41, 5.74) is 1.45. The van der Waals surface area contributed by atoms with Gasteiger partial charge in [0, 0.05) is 34.9 Å². The van der Waals surface area contributed by atoms with Crippen LogP contribution in [0.4, 0.5) is 16.2 Å². The Morgan fingerprint density at radius 3 is 2.80 bits per heavy atom. The lowest BCUT2D eigenvalue weighted by molar-refractivity contribution is -0.117. The van der Waals surface area contributed by atoms with Crippen molar-refractivity contribution in [3.63, 3.8) is 0 Å². The van der Waals surface area contributed by atoms with Gasteiger partial charge < -0.3 is 20.3 Å². The Balaban J connectivity index is 1.61. The third-order valence-corrected chi connectivity index (χ3v) is 4.40. The van der Waals surface area contributed by atoms with Crippen LogP contribution in [0.5, 0.6) is 5.75 Å². The second-order valence-electron chi connectivity index (χ2n) is 5.72. The second kappa shape index (κ2) is 7.57. The molecule has 1 fully saturated rings. The van der Waals surface area contributed by atoms with Gasteiger partial charge in [0.15, 0.2) is 0 Å². The van der Waals surface area contributed by atoms with Crippen LogP contribution in [0.1, 0.15) is 6.42 Å². The van der Waals surface area contributed by atoms with Crippen LogP contribution in [-0.2, 0) is 4.79 Å². The van der Waals surface area contributed by atoms with E-state index in [-0.39, 0.29) is 24.4 Å². The predicted octanol–water partition coefficient (Wildman–Crippen LogP) is 3.38. The zero-order valence-electron chi connectivity index (χ0n) is 13.7. The van der Waals surface area contributed by atoms with Gasteiger partial charge in [0.2, 0.25) is 5.91 Å². The average Bonchev–Trinajstić information content (AvgIpc) is 2.95. The molecule has 1 heterocycles. The summed E-state index contributed by atoms with van der Waals surface area (Å²) < 4.78 is 6.08.